The second-order valence-corrected chi connectivity index (χ2v) is 8.14. The predicted octanol–water partition coefficient (Wildman–Crippen LogP) is 5.75. The summed E-state index contributed by atoms with van der Waals surface area (Å²) in [5, 5.41) is 15.6. The summed E-state index contributed by atoms with van der Waals surface area (Å²) in [5.41, 5.74) is 6.33. The number of hydrogen-bond acceptors (Lipinski definition) is 5. The van der Waals surface area contributed by atoms with E-state index in [4.69, 9.17) is 16.6 Å². The van der Waals surface area contributed by atoms with Crippen molar-refractivity contribution in [3.8, 4) is 5.88 Å². The van der Waals surface area contributed by atoms with Gasteiger partial charge in [0, 0.05) is 34.9 Å². The van der Waals surface area contributed by atoms with Crippen molar-refractivity contribution >= 4 is 44.9 Å². The van der Waals surface area contributed by atoms with Crippen molar-refractivity contribution in [2.24, 2.45) is 4.99 Å². The van der Waals surface area contributed by atoms with E-state index in [0.717, 1.165) is 46.3 Å². The summed E-state index contributed by atoms with van der Waals surface area (Å²) in [6, 6.07) is 19.4. The molecule has 0 fully saturated rings. The highest BCUT2D eigenvalue weighted by Crippen LogP contribution is 2.33. The Morgan fingerprint density at radius 2 is 1.79 bits per heavy atom. The van der Waals surface area contributed by atoms with E-state index in [1.54, 1.807) is 24.5 Å². The van der Waals surface area contributed by atoms with Gasteiger partial charge in [0.1, 0.15) is 0 Å². The Balaban J connectivity index is 1.68. The van der Waals surface area contributed by atoms with Gasteiger partial charge >= 0.3 is 0 Å². The molecule has 3 aromatic carbocycles. The fourth-order valence-corrected chi connectivity index (χ4v) is 4.03. The molecule has 6 nitrogen and oxygen atoms in total. The Morgan fingerprint density at radius 3 is 2.58 bits per heavy atom. The normalized spacial score (nSPS) is 12.0. The van der Waals surface area contributed by atoms with E-state index < -0.39 is 0 Å². The minimum Gasteiger partial charge on any atom is -0.494 e. The van der Waals surface area contributed by atoms with Gasteiger partial charge in [-0.2, -0.15) is 0 Å². The number of nitrogens with one attached hydrogen (secondary N) is 2. The number of fused-ring (bicyclic) bond motifs is 2. The number of aromatic hydroxyl groups is 1. The van der Waals surface area contributed by atoms with Gasteiger partial charge in [0.05, 0.1) is 33.5 Å². The average Bonchev–Trinajstić information content (AvgIpc) is 3.16. The second-order valence-electron chi connectivity index (χ2n) is 7.71. The molecule has 0 amide bonds. The lowest BCUT2D eigenvalue weighted by Crippen LogP contribution is -2.11. The molecule has 0 aliphatic heterocycles. The minimum atomic E-state index is 0.0361. The highest BCUT2D eigenvalue weighted by molar-refractivity contribution is 6.31. The topological polar surface area (TPSA) is 86.2 Å². The van der Waals surface area contributed by atoms with Crippen LogP contribution in [0.2, 0.25) is 5.02 Å². The fraction of sp³-hybridized carbons (Fsp3) is 0.115. The number of aliphatic imine (C=N–C) groups is 1. The van der Waals surface area contributed by atoms with Crippen molar-refractivity contribution in [2.45, 2.75) is 13.5 Å². The van der Waals surface area contributed by atoms with Crippen molar-refractivity contribution in [3.63, 3.8) is 0 Å². The SMILES string of the molecule is CCNCc1ccc(N=C(c2ccc3nccnc3c2)c2c(O)[nH]c3cc(Cl)ccc23)cc1. The van der Waals surface area contributed by atoms with E-state index in [9.17, 15) is 5.11 Å². The van der Waals surface area contributed by atoms with Gasteiger partial charge in [0.25, 0.3) is 0 Å². The third-order valence-electron chi connectivity index (χ3n) is 5.48. The zero-order valence-corrected chi connectivity index (χ0v) is 18.8. The van der Waals surface area contributed by atoms with E-state index >= 15 is 0 Å². The maximum absolute atomic E-state index is 10.9. The summed E-state index contributed by atoms with van der Waals surface area (Å²) in [5.74, 6) is 0.0361. The molecule has 7 heteroatoms. The Labute approximate surface area is 196 Å². The van der Waals surface area contributed by atoms with Gasteiger partial charge in [-0.1, -0.05) is 42.8 Å². The molecule has 0 aliphatic rings. The van der Waals surface area contributed by atoms with Gasteiger partial charge in [-0.15, -0.1) is 0 Å². The van der Waals surface area contributed by atoms with Gasteiger partial charge in [0.2, 0.25) is 0 Å². The van der Waals surface area contributed by atoms with Crippen molar-refractivity contribution in [1.29, 1.82) is 0 Å². The number of halogens is 1. The zero-order chi connectivity index (χ0) is 22.8. The smallest absolute Gasteiger partial charge is 0.199 e. The van der Waals surface area contributed by atoms with Crippen molar-refractivity contribution in [2.75, 3.05) is 6.54 Å². The van der Waals surface area contributed by atoms with Crippen LogP contribution in [0, 0.1) is 0 Å². The summed E-state index contributed by atoms with van der Waals surface area (Å²) in [6.45, 7) is 3.80. The lowest BCUT2D eigenvalue weighted by Gasteiger charge is -2.09. The molecule has 0 bridgehead atoms. The van der Waals surface area contributed by atoms with Crippen LogP contribution in [-0.2, 0) is 6.54 Å². The molecule has 0 radical (unpaired) electrons. The van der Waals surface area contributed by atoms with Gasteiger partial charge in [-0.05, 0) is 48.5 Å². The van der Waals surface area contributed by atoms with Crippen LogP contribution < -0.4 is 5.32 Å². The van der Waals surface area contributed by atoms with E-state index in [1.807, 2.05) is 36.4 Å². The molecule has 3 N–H and O–H groups in total. The molecule has 0 saturated carbocycles. The molecule has 0 atom stereocenters. The standard InChI is InChI=1S/C26H22ClN5O/c1-2-28-15-16-3-7-19(8-4-16)31-25(17-5-10-21-23(13-17)30-12-11-29-21)24-20-9-6-18(27)14-22(20)32-26(24)33/h3-14,28,32-33H,2,15H2,1H3. The molecule has 0 unspecified atom stereocenters. The van der Waals surface area contributed by atoms with E-state index in [0.29, 0.717) is 16.3 Å². The molecular formula is C26H22ClN5O. The van der Waals surface area contributed by atoms with Crippen LogP contribution >= 0.6 is 11.6 Å². The first-order valence-corrected chi connectivity index (χ1v) is 11.1. The fourth-order valence-electron chi connectivity index (χ4n) is 3.86. The molecule has 5 rings (SSSR count). The van der Waals surface area contributed by atoms with E-state index in [2.05, 4.69) is 39.3 Å². The highest BCUT2D eigenvalue weighted by Gasteiger charge is 2.19. The average molecular weight is 456 g/mol. The lowest BCUT2D eigenvalue weighted by atomic mass is 10.00. The molecule has 5 aromatic rings. The Kier molecular flexibility index (Phi) is 5.77. The molecule has 0 spiro atoms. The number of aromatic amines is 1. The van der Waals surface area contributed by atoms with Crippen molar-refractivity contribution in [3.05, 3.63) is 94.8 Å². The number of rotatable bonds is 6. The maximum atomic E-state index is 10.9. The minimum absolute atomic E-state index is 0.0361. The van der Waals surface area contributed by atoms with E-state index in [1.165, 1.54) is 5.56 Å². The largest absolute Gasteiger partial charge is 0.494 e. The van der Waals surface area contributed by atoms with Gasteiger partial charge < -0.3 is 15.4 Å². The number of aromatic nitrogens is 3. The second kappa shape index (κ2) is 9.02. The van der Waals surface area contributed by atoms with Crippen LogP contribution in [0.4, 0.5) is 5.69 Å². The molecular weight excluding hydrogens is 434 g/mol. The molecule has 2 aromatic heterocycles. The molecule has 164 valence electrons. The molecule has 33 heavy (non-hydrogen) atoms. The first-order chi connectivity index (χ1) is 16.1. The number of hydrogen-bond donors (Lipinski definition) is 3. The summed E-state index contributed by atoms with van der Waals surface area (Å²) < 4.78 is 0. The van der Waals surface area contributed by atoms with Crippen LogP contribution in [0.1, 0.15) is 23.6 Å². The van der Waals surface area contributed by atoms with Gasteiger partial charge in [-0.3, -0.25) is 9.97 Å². The highest BCUT2D eigenvalue weighted by atomic mass is 35.5. The summed E-state index contributed by atoms with van der Waals surface area (Å²) in [7, 11) is 0. The number of benzene rings is 3. The first kappa shape index (κ1) is 21.1. The number of nitrogens with zero attached hydrogens (tertiary/aromatic N) is 3. The lowest BCUT2D eigenvalue weighted by molar-refractivity contribution is 0.457. The maximum Gasteiger partial charge on any atom is 0.199 e. The predicted molar refractivity (Wildman–Crippen MR) is 134 cm³/mol. The van der Waals surface area contributed by atoms with Crippen LogP contribution in [0.5, 0.6) is 5.88 Å². The van der Waals surface area contributed by atoms with Crippen LogP contribution in [0.25, 0.3) is 21.9 Å². The summed E-state index contributed by atoms with van der Waals surface area (Å²) >= 11 is 6.17. The first-order valence-electron chi connectivity index (χ1n) is 10.7. The summed E-state index contributed by atoms with van der Waals surface area (Å²) in [6.07, 6.45) is 3.33. The molecule has 0 aliphatic carbocycles. The number of H-pyrrole nitrogens is 1. The summed E-state index contributed by atoms with van der Waals surface area (Å²) in [4.78, 5) is 16.8. The van der Waals surface area contributed by atoms with Crippen molar-refractivity contribution in [1.82, 2.24) is 20.3 Å². The van der Waals surface area contributed by atoms with Crippen LogP contribution in [0.15, 0.2) is 78.0 Å². The Bertz CT molecular complexity index is 1470. The zero-order valence-electron chi connectivity index (χ0n) is 18.0. The van der Waals surface area contributed by atoms with Crippen molar-refractivity contribution < 1.29 is 5.11 Å². The van der Waals surface area contributed by atoms with Gasteiger partial charge in [0.15, 0.2) is 5.88 Å². The Hall–Kier alpha value is -3.74. The van der Waals surface area contributed by atoms with Crippen LogP contribution in [-0.4, -0.2) is 32.3 Å². The monoisotopic (exact) mass is 455 g/mol. The van der Waals surface area contributed by atoms with Gasteiger partial charge in [-0.25, -0.2) is 4.99 Å². The van der Waals surface area contributed by atoms with E-state index in [-0.39, 0.29) is 5.88 Å². The third-order valence-corrected chi connectivity index (χ3v) is 5.71. The quantitative estimate of drug-likeness (QED) is 0.284. The van der Waals surface area contributed by atoms with Crippen LogP contribution in [0.3, 0.4) is 0 Å². The molecule has 2 heterocycles. The molecule has 0 saturated heterocycles. The Morgan fingerprint density at radius 1 is 1.00 bits per heavy atom. The third kappa shape index (κ3) is 4.31.